The molecule has 6 heteroatoms. The molecule has 114 valence electrons. The third-order valence-electron chi connectivity index (χ3n) is 2.98. The zero-order valence-electron chi connectivity index (χ0n) is 11.8. The molecule has 0 bridgehead atoms. The second kappa shape index (κ2) is 7.84. The predicted molar refractivity (Wildman–Crippen MR) is 95.2 cm³/mol. The summed E-state index contributed by atoms with van der Waals surface area (Å²) in [7, 11) is 0. The van der Waals surface area contributed by atoms with Crippen LogP contribution in [0.2, 0.25) is 8.67 Å². The lowest BCUT2D eigenvalue weighted by molar-refractivity contribution is 0.333. The summed E-state index contributed by atoms with van der Waals surface area (Å²) in [6.45, 7) is 5.47. The van der Waals surface area contributed by atoms with Crippen molar-refractivity contribution in [3.05, 3.63) is 48.5 Å². The van der Waals surface area contributed by atoms with Gasteiger partial charge in [-0.3, -0.25) is 0 Å². The molecule has 2 nitrogen and oxygen atoms in total. The Morgan fingerprint density at radius 3 is 2.57 bits per heavy atom. The van der Waals surface area contributed by atoms with Gasteiger partial charge in [-0.1, -0.05) is 46.1 Å². The molecule has 0 aliphatic rings. The summed E-state index contributed by atoms with van der Waals surface area (Å²) in [5, 5.41) is 3.46. The van der Waals surface area contributed by atoms with Gasteiger partial charge in [-0.15, -0.1) is 11.3 Å². The third kappa shape index (κ3) is 4.14. The Morgan fingerprint density at radius 2 is 2.00 bits per heavy atom. The smallest absolute Gasteiger partial charge is 0.124 e. The fourth-order valence-electron chi connectivity index (χ4n) is 2.17. The van der Waals surface area contributed by atoms with Gasteiger partial charge in [0.05, 0.1) is 21.3 Å². The lowest BCUT2D eigenvalue weighted by Gasteiger charge is -2.21. The van der Waals surface area contributed by atoms with Crippen LogP contribution in [0.1, 0.15) is 31.0 Å². The standard InChI is InChI=1S/C15H16BrCl2NOS/c1-3-19-14(11-8-13(17)21-15(11)18)10-7-9(16)5-6-12(10)20-4-2/h5-8,14,19H,3-4H2,1-2H3. The molecule has 0 radical (unpaired) electrons. The maximum absolute atomic E-state index is 6.34. The van der Waals surface area contributed by atoms with E-state index in [-0.39, 0.29) is 6.04 Å². The van der Waals surface area contributed by atoms with Crippen molar-refractivity contribution in [3.8, 4) is 5.75 Å². The summed E-state index contributed by atoms with van der Waals surface area (Å²) < 4.78 is 8.14. The third-order valence-corrected chi connectivity index (χ3v) is 5.00. The van der Waals surface area contributed by atoms with E-state index in [0.717, 1.165) is 27.9 Å². The van der Waals surface area contributed by atoms with E-state index in [0.29, 0.717) is 15.3 Å². The molecule has 0 saturated carbocycles. The highest BCUT2D eigenvalue weighted by atomic mass is 79.9. The van der Waals surface area contributed by atoms with E-state index in [2.05, 4.69) is 34.2 Å². The molecule has 1 aromatic carbocycles. The number of thiophene rings is 1. The Hall–Kier alpha value is -0.260. The topological polar surface area (TPSA) is 21.3 Å². The van der Waals surface area contributed by atoms with Crippen molar-refractivity contribution >= 4 is 50.5 Å². The molecule has 2 rings (SSSR count). The van der Waals surface area contributed by atoms with Gasteiger partial charge in [0.2, 0.25) is 0 Å². The number of halogens is 3. The van der Waals surface area contributed by atoms with Crippen LogP contribution in [0.4, 0.5) is 0 Å². The van der Waals surface area contributed by atoms with Crippen LogP contribution in [-0.2, 0) is 0 Å². The number of nitrogens with one attached hydrogen (secondary N) is 1. The highest BCUT2D eigenvalue weighted by Crippen LogP contribution is 2.40. The van der Waals surface area contributed by atoms with Gasteiger partial charge in [-0.25, -0.2) is 0 Å². The maximum atomic E-state index is 6.34. The number of ether oxygens (including phenoxy) is 1. The van der Waals surface area contributed by atoms with E-state index in [1.54, 1.807) is 0 Å². The fourth-order valence-corrected chi connectivity index (χ4v) is 4.08. The first kappa shape index (κ1) is 17.1. The quantitative estimate of drug-likeness (QED) is 0.640. The number of hydrogen-bond donors (Lipinski definition) is 1. The zero-order valence-corrected chi connectivity index (χ0v) is 15.7. The van der Waals surface area contributed by atoms with Crippen molar-refractivity contribution in [1.82, 2.24) is 5.32 Å². The van der Waals surface area contributed by atoms with E-state index in [9.17, 15) is 0 Å². The second-order valence-corrected chi connectivity index (χ2v) is 7.59. The average molecular weight is 409 g/mol. The van der Waals surface area contributed by atoms with Gasteiger partial charge in [0, 0.05) is 15.6 Å². The Kier molecular flexibility index (Phi) is 6.38. The van der Waals surface area contributed by atoms with Gasteiger partial charge in [-0.2, -0.15) is 0 Å². The second-order valence-electron chi connectivity index (χ2n) is 4.39. The van der Waals surface area contributed by atoms with Crippen LogP contribution >= 0.6 is 50.5 Å². The molecule has 1 atom stereocenters. The Balaban J connectivity index is 2.51. The van der Waals surface area contributed by atoms with Gasteiger partial charge in [0.1, 0.15) is 5.75 Å². The van der Waals surface area contributed by atoms with Crippen molar-refractivity contribution in [2.45, 2.75) is 19.9 Å². The summed E-state index contributed by atoms with van der Waals surface area (Å²) in [6.07, 6.45) is 0. The summed E-state index contributed by atoms with van der Waals surface area (Å²) in [4.78, 5) is 0. The van der Waals surface area contributed by atoms with Gasteiger partial charge in [-0.05, 0) is 37.7 Å². The predicted octanol–water partition coefficient (Wildman–Crippen LogP) is 5.92. The van der Waals surface area contributed by atoms with E-state index >= 15 is 0 Å². The number of benzene rings is 1. The molecule has 1 unspecified atom stereocenters. The zero-order chi connectivity index (χ0) is 15.4. The molecule has 0 fully saturated rings. The van der Waals surface area contributed by atoms with Crippen molar-refractivity contribution in [2.24, 2.45) is 0 Å². The summed E-state index contributed by atoms with van der Waals surface area (Å²) >= 11 is 17.3. The molecule has 0 spiro atoms. The summed E-state index contributed by atoms with van der Waals surface area (Å²) in [5.74, 6) is 0.852. The van der Waals surface area contributed by atoms with E-state index in [4.69, 9.17) is 27.9 Å². The van der Waals surface area contributed by atoms with Gasteiger partial charge < -0.3 is 10.1 Å². The molecular formula is C15H16BrCl2NOS. The lowest BCUT2D eigenvalue weighted by atomic mass is 10.00. The maximum Gasteiger partial charge on any atom is 0.124 e. The van der Waals surface area contributed by atoms with Crippen molar-refractivity contribution in [2.75, 3.05) is 13.2 Å². The largest absolute Gasteiger partial charge is 0.494 e. The van der Waals surface area contributed by atoms with Crippen LogP contribution in [0.15, 0.2) is 28.7 Å². The molecule has 1 heterocycles. The Morgan fingerprint density at radius 1 is 1.24 bits per heavy atom. The monoisotopic (exact) mass is 407 g/mol. The van der Waals surface area contributed by atoms with Crippen molar-refractivity contribution < 1.29 is 4.74 Å². The van der Waals surface area contributed by atoms with Crippen molar-refractivity contribution in [3.63, 3.8) is 0 Å². The molecule has 0 amide bonds. The molecule has 2 aromatic rings. The number of hydrogen-bond acceptors (Lipinski definition) is 3. The van der Waals surface area contributed by atoms with E-state index < -0.39 is 0 Å². The van der Waals surface area contributed by atoms with Gasteiger partial charge in [0.15, 0.2) is 0 Å². The van der Waals surface area contributed by atoms with Crippen molar-refractivity contribution in [1.29, 1.82) is 0 Å². The van der Waals surface area contributed by atoms with Gasteiger partial charge in [0.25, 0.3) is 0 Å². The van der Waals surface area contributed by atoms with Crippen LogP contribution in [0, 0.1) is 0 Å². The minimum atomic E-state index is -0.0506. The first-order chi connectivity index (χ1) is 10.1. The first-order valence-corrected chi connectivity index (χ1v) is 9.03. The SMILES string of the molecule is CCNC(c1cc(Br)ccc1OCC)c1cc(Cl)sc1Cl. The highest BCUT2D eigenvalue weighted by Gasteiger charge is 2.22. The van der Waals surface area contributed by atoms with E-state index in [1.807, 2.05) is 25.1 Å². The minimum Gasteiger partial charge on any atom is -0.494 e. The molecule has 0 aliphatic carbocycles. The lowest BCUT2D eigenvalue weighted by Crippen LogP contribution is -2.22. The molecule has 0 saturated heterocycles. The van der Waals surface area contributed by atoms with E-state index in [1.165, 1.54) is 11.3 Å². The van der Waals surface area contributed by atoms with Crippen LogP contribution < -0.4 is 10.1 Å². The molecule has 21 heavy (non-hydrogen) atoms. The fraction of sp³-hybridized carbons (Fsp3) is 0.333. The minimum absolute atomic E-state index is 0.0506. The average Bonchev–Trinajstić information content (AvgIpc) is 2.77. The molecule has 1 aromatic heterocycles. The van der Waals surface area contributed by atoms with Gasteiger partial charge >= 0.3 is 0 Å². The molecule has 1 N–H and O–H groups in total. The first-order valence-electron chi connectivity index (χ1n) is 6.67. The van der Waals surface area contributed by atoms with Crippen LogP contribution in [0.25, 0.3) is 0 Å². The summed E-state index contributed by atoms with van der Waals surface area (Å²) in [5.41, 5.74) is 2.03. The van der Waals surface area contributed by atoms with Crippen LogP contribution in [-0.4, -0.2) is 13.2 Å². The normalized spacial score (nSPS) is 12.4. The Bertz CT molecular complexity index is 618. The summed E-state index contributed by atoms with van der Waals surface area (Å²) in [6, 6.07) is 7.86. The van der Waals surface area contributed by atoms with Crippen LogP contribution in [0.3, 0.4) is 0 Å². The molecular weight excluding hydrogens is 393 g/mol. The molecule has 0 aliphatic heterocycles. The Labute approximate surface area is 147 Å². The van der Waals surface area contributed by atoms with Crippen LogP contribution in [0.5, 0.6) is 5.75 Å². The highest BCUT2D eigenvalue weighted by molar-refractivity contribution is 9.10. The number of rotatable bonds is 6.